The van der Waals surface area contributed by atoms with Gasteiger partial charge in [-0.1, -0.05) is 23.4 Å². The fourth-order valence-electron chi connectivity index (χ4n) is 2.64. The zero-order valence-corrected chi connectivity index (χ0v) is 16.7. The van der Waals surface area contributed by atoms with Crippen molar-refractivity contribution in [1.29, 1.82) is 0 Å². The van der Waals surface area contributed by atoms with Crippen LogP contribution in [-0.2, 0) is 0 Å². The quantitative estimate of drug-likeness (QED) is 0.275. The van der Waals surface area contributed by atoms with Crippen molar-refractivity contribution in [2.24, 2.45) is 0 Å². The summed E-state index contributed by atoms with van der Waals surface area (Å²) in [5.74, 6) is 1.09. The van der Waals surface area contributed by atoms with E-state index in [1.54, 1.807) is 19.1 Å². The van der Waals surface area contributed by atoms with Gasteiger partial charge in [0.25, 0.3) is 11.6 Å². The molecular formula is C20H23N5O5. The van der Waals surface area contributed by atoms with E-state index in [2.05, 4.69) is 25.6 Å². The highest BCUT2D eigenvalue weighted by atomic mass is 16.6. The van der Waals surface area contributed by atoms with Crippen molar-refractivity contribution >= 4 is 17.1 Å². The van der Waals surface area contributed by atoms with E-state index in [0.29, 0.717) is 37.0 Å². The average Bonchev–Trinajstić information content (AvgIpc) is 3.14. The van der Waals surface area contributed by atoms with Crippen molar-refractivity contribution in [3.63, 3.8) is 0 Å². The van der Waals surface area contributed by atoms with Crippen molar-refractivity contribution < 1.29 is 19.0 Å². The average molecular weight is 413 g/mol. The Morgan fingerprint density at radius 1 is 1.17 bits per heavy atom. The molecule has 1 heterocycles. The van der Waals surface area contributed by atoms with E-state index in [1.807, 2.05) is 37.3 Å². The van der Waals surface area contributed by atoms with Crippen molar-refractivity contribution in [2.75, 3.05) is 30.3 Å². The lowest BCUT2D eigenvalue weighted by atomic mass is 10.2. The fraction of sp³-hybridized carbons (Fsp3) is 0.300. The molecule has 0 aliphatic carbocycles. The molecule has 3 aromatic rings. The first-order valence-electron chi connectivity index (χ1n) is 9.43. The molecule has 0 radical (unpaired) electrons. The smallest absolute Gasteiger partial charge is 0.292 e. The van der Waals surface area contributed by atoms with Gasteiger partial charge in [-0.15, -0.1) is 0 Å². The standard InChI is InChI=1S/C20H23N5O5/c1-14(29-20-15(2)23-30-24-20)13-22-16-8-9-19(25(26)27)18(12-16)21-10-11-28-17-6-4-3-5-7-17/h3-9,12,14,21-22H,10-11,13H2,1-2H3. The molecule has 1 aromatic heterocycles. The van der Waals surface area contributed by atoms with Crippen LogP contribution >= 0.6 is 0 Å². The van der Waals surface area contributed by atoms with Crippen LogP contribution in [-0.4, -0.2) is 41.0 Å². The minimum atomic E-state index is -0.420. The van der Waals surface area contributed by atoms with Gasteiger partial charge in [0.05, 0.1) is 11.5 Å². The lowest BCUT2D eigenvalue weighted by molar-refractivity contribution is -0.383. The third kappa shape index (κ3) is 5.84. The monoisotopic (exact) mass is 413 g/mol. The molecule has 158 valence electrons. The molecule has 0 bridgehead atoms. The third-order valence-corrected chi connectivity index (χ3v) is 4.14. The van der Waals surface area contributed by atoms with Crippen LogP contribution in [0.5, 0.6) is 11.6 Å². The Balaban J connectivity index is 1.55. The number of hydrogen-bond donors (Lipinski definition) is 2. The summed E-state index contributed by atoms with van der Waals surface area (Å²) in [6.45, 7) is 4.85. The zero-order chi connectivity index (χ0) is 21.3. The van der Waals surface area contributed by atoms with E-state index in [9.17, 15) is 10.1 Å². The third-order valence-electron chi connectivity index (χ3n) is 4.14. The number of rotatable bonds is 11. The van der Waals surface area contributed by atoms with E-state index >= 15 is 0 Å². The highest BCUT2D eigenvalue weighted by Gasteiger charge is 2.15. The van der Waals surface area contributed by atoms with Gasteiger partial charge in [0.1, 0.15) is 29.8 Å². The van der Waals surface area contributed by atoms with Gasteiger partial charge in [0.15, 0.2) is 0 Å². The Bertz CT molecular complexity index is 963. The Morgan fingerprint density at radius 3 is 2.67 bits per heavy atom. The molecule has 0 saturated carbocycles. The lowest BCUT2D eigenvalue weighted by Crippen LogP contribution is -2.23. The van der Waals surface area contributed by atoms with E-state index in [4.69, 9.17) is 9.47 Å². The van der Waals surface area contributed by atoms with Crippen LogP contribution in [0.2, 0.25) is 0 Å². The number of nitro benzene ring substituents is 1. The second-order valence-electron chi connectivity index (χ2n) is 6.54. The Labute approximate surface area is 173 Å². The van der Waals surface area contributed by atoms with Crippen molar-refractivity contribution in [1.82, 2.24) is 10.3 Å². The number of anilines is 2. The first-order valence-corrected chi connectivity index (χ1v) is 9.43. The summed E-state index contributed by atoms with van der Waals surface area (Å²) in [7, 11) is 0. The van der Waals surface area contributed by atoms with Crippen molar-refractivity contribution in [3.05, 3.63) is 64.3 Å². The normalized spacial score (nSPS) is 11.5. The summed E-state index contributed by atoms with van der Waals surface area (Å²) in [6, 6.07) is 14.2. The maximum absolute atomic E-state index is 11.3. The molecule has 0 fully saturated rings. The molecule has 10 heteroatoms. The van der Waals surface area contributed by atoms with Gasteiger partial charge in [-0.25, -0.2) is 4.63 Å². The van der Waals surface area contributed by atoms with Gasteiger partial charge in [-0.2, -0.15) is 0 Å². The molecule has 0 amide bonds. The molecule has 0 saturated heterocycles. The second kappa shape index (κ2) is 10.1. The largest absolute Gasteiger partial charge is 0.492 e. The Kier molecular flexibility index (Phi) is 7.04. The summed E-state index contributed by atoms with van der Waals surface area (Å²) >= 11 is 0. The number of nitrogens with zero attached hydrogens (tertiary/aromatic N) is 3. The SMILES string of the molecule is Cc1nonc1OC(C)CNc1ccc([N+](=O)[O-])c(NCCOc2ccccc2)c1. The van der Waals surface area contributed by atoms with E-state index in [0.717, 1.165) is 11.4 Å². The molecule has 2 aromatic carbocycles. The predicted molar refractivity (Wildman–Crippen MR) is 111 cm³/mol. The number of nitro groups is 1. The summed E-state index contributed by atoms with van der Waals surface area (Å²) < 4.78 is 15.9. The molecule has 0 aliphatic rings. The van der Waals surface area contributed by atoms with Gasteiger partial charge in [-0.3, -0.25) is 10.1 Å². The second-order valence-corrected chi connectivity index (χ2v) is 6.54. The maximum atomic E-state index is 11.3. The van der Waals surface area contributed by atoms with Crippen LogP contribution < -0.4 is 20.1 Å². The van der Waals surface area contributed by atoms with Crippen LogP contribution in [0.25, 0.3) is 0 Å². The summed E-state index contributed by atoms with van der Waals surface area (Å²) in [4.78, 5) is 10.9. The molecule has 0 aliphatic heterocycles. The minimum Gasteiger partial charge on any atom is -0.492 e. The van der Waals surface area contributed by atoms with Crippen LogP contribution in [0, 0.1) is 17.0 Å². The Morgan fingerprint density at radius 2 is 1.97 bits per heavy atom. The molecule has 3 rings (SSSR count). The minimum absolute atomic E-state index is 0.00569. The van der Waals surface area contributed by atoms with E-state index in [-0.39, 0.29) is 11.8 Å². The Hall–Kier alpha value is -3.82. The van der Waals surface area contributed by atoms with Crippen LogP contribution in [0.15, 0.2) is 53.2 Å². The molecule has 2 N–H and O–H groups in total. The summed E-state index contributed by atoms with van der Waals surface area (Å²) in [6.07, 6.45) is -0.221. The summed E-state index contributed by atoms with van der Waals surface area (Å²) in [5, 5.41) is 25.0. The lowest BCUT2D eigenvalue weighted by Gasteiger charge is -2.15. The molecule has 0 spiro atoms. The first kappa shape index (κ1) is 20.9. The van der Waals surface area contributed by atoms with Gasteiger partial charge in [-0.05, 0) is 43.3 Å². The molecule has 1 unspecified atom stereocenters. The van der Waals surface area contributed by atoms with E-state index < -0.39 is 4.92 Å². The van der Waals surface area contributed by atoms with Gasteiger partial charge >= 0.3 is 0 Å². The highest BCUT2D eigenvalue weighted by Crippen LogP contribution is 2.27. The van der Waals surface area contributed by atoms with Crippen molar-refractivity contribution in [3.8, 4) is 11.6 Å². The van der Waals surface area contributed by atoms with Gasteiger partial charge < -0.3 is 20.1 Å². The predicted octanol–water partition coefficient (Wildman–Crippen LogP) is 3.66. The number of nitrogens with one attached hydrogen (secondary N) is 2. The van der Waals surface area contributed by atoms with Gasteiger partial charge in [0, 0.05) is 18.3 Å². The molecular weight excluding hydrogens is 390 g/mol. The number of para-hydroxylation sites is 1. The summed E-state index contributed by atoms with van der Waals surface area (Å²) in [5.41, 5.74) is 1.69. The molecule has 10 nitrogen and oxygen atoms in total. The van der Waals surface area contributed by atoms with E-state index in [1.165, 1.54) is 6.07 Å². The topological polar surface area (TPSA) is 125 Å². The van der Waals surface area contributed by atoms with Crippen LogP contribution in [0.3, 0.4) is 0 Å². The number of ether oxygens (including phenoxy) is 2. The van der Waals surface area contributed by atoms with Gasteiger partial charge in [0.2, 0.25) is 0 Å². The number of hydrogen-bond acceptors (Lipinski definition) is 9. The maximum Gasteiger partial charge on any atom is 0.292 e. The molecule has 1 atom stereocenters. The van der Waals surface area contributed by atoms with Crippen LogP contribution in [0.1, 0.15) is 12.6 Å². The number of aryl methyl sites for hydroxylation is 1. The highest BCUT2D eigenvalue weighted by molar-refractivity contribution is 5.68. The van der Waals surface area contributed by atoms with Crippen molar-refractivity contribution in [2.45, 2.75) is 20.0 Å². The first-order chi connectivity index (χ1) is 14.5. The van der Waals surface area contributed by atoms with Crippen LogP contribution in [0.4, 0.5) is 17.1 Å². The molecule has 30 heavy (non-hydrogen) atoms. The number of aromatic nitrogens is 2. The zero-order valence-electron chi connectivity index (χ0n) is 16.7. The number of benzene rings is 2. The fourth-order valence-corrected chi connectivity index (χ4v) is 2.64.